The normalized spacial score (nSPS) is 12.7. The second-order valence-corrected chi connectivity index (χ2v) is 5.04. The minimum absolute atomic E-state index is 0.0846. The molecule has 0 saturated heterocycles. The first-order valence-corrected chi connectivity index (χ1v) is 6.63. The van der Waals surface area contributed by atoms with Crippen LogP contribution >= 0.6 is 19.6 Å². The first-order valence-electron chi connectivity index (χ1n) is 4.73. The second kappa shape index (κ2) is 7.02. The molecule has 15 heavy (non-hydrogen) atoms. The molecule has 0 heterocycles. The zero-order valence-electron chi connectivity index (χ0n) is 8.28. The van der Waals surface area contributed by atoms with Crippen LogP contribution in [0.1, 0.15) is 5.56 Å². The molecule has 0 aliphatic carbocycles. The highest BCUT2D eigenvalue weighted by Crippen LogP contribution is 2.21. The van der Waals surface area contributed by atoms with Gasteiger partial charge in [0.15, 0.2) is 8.03 Å². The average molecular weight is 249 g/mol. The maximum absolute atomic E-state index is 11.1. The van der Waals surface area contributed by atoms with Gasteiger partial charge < -0.3 is 9.63 Å². The molecular weight excluding hydrogens is 235 g/mol. The number of benzene rings is 1. The highest BCUT2D eigenvalue weighted by Gasteiger charge is 1.99. The van der Waals surface area contributed by atoms with Crippen LogP contribution in [0.5, 0.6) is 0 Å². The van der Waals surface area contributed by atoms with Crippen molar-refractivity contribution < 1.29 is 14.2 Å². The minimum atomic E-state index is -2.04. The van der Waals surface area contributed by atoms with Gasteiger partial charge in [-0.15, -0.1) is 0 Å². The Morgan fingerprint density at radius 2 is 2.00 bits per heavy atom. The van der Waals surface area contributed by atoms with Gasteiger partial charge >= 0.3 is 0 Å². The van der Waals surface area contributed by atoms with Crippen LogP contribution in [-0.2, 0) is 15.5 Å². The Labute approximate surface area is 94.9 Å². The fourth-order valence-corrected chi connectivity index (χ4v) is 1.88. The zero-order valence-corrected chi connectivity index (χ0v) is 10.0. The predicted molar refractivity (Wildman–Crippen MR) is 62.1 cm³/mol. The summed E-state index contributed by atoms with van der Waals surface area (Å²) in [5.74, 6) is 0. The molecule has 0 fully saturated rings. The Morgan fingerprint density at radius 1 is 1.33 bits per heavy atom. The van der Waals surface area contributed by atoms with Gasteiger partial charge in [0.2, 0.25) is 0 Å². The molecule has 0 amide bonds. The van der Waals surface area contributed by atoms with Crippen LogP contribution in [0.3, 0.4) is 0 Å². The molecule has 0 radical (unpaired) electrons. The van der Waals surface area contributed by atoms with Crippen molar-refractivity contribution in [3.63, 3.8) is 0 Å². The van der Waals surface area contributed by atoms with Crippen molar-refractivity contribution in [2.45, 2.75) is 6.42 Å². The molecule has 1 atom stereocenters. The average Bonchev–Trinajstić information content (AvgIpc) is 2.21. The maximum Gasteiger partial charge on any atom is 0.193 e. The van der Waals surface area contributed by atoms with Gasteiger partial charge in [0.1, 0.15) is 0 Å². The number of rotatable bonds is 6. The number of aliphatic hydroxyl groups excluding tert-OH is 1. The molecule has 84 valence electrons. The number of hydrogen-bond donors (Lipinski definition) is 1. The van der Waals surface area contributed by atoms with Crippen molar-refractivity contribution in [2.75, 3.05) is 19.4 Å². The molecule has 1 aromatic rings. The van der Waals surface area contributed by atoms with E-state index in [0.29, 0.717) is 18.1 Å². The van der Waals surface area contributed by atoms with Gasteiger partial charge in [-0.05, 0) is 24.1 Å². The topological polar surface area (TPSA) is 46.5 Å². The number of aliphatic hydroxyl groups is 1. The minimum Gasteiger partial charge on any atom is -0.396 e. The van der Waals surface area contributed by atoms with Gasteiger partial charge in [-0.25, -0.2) is 0 Å². The summed E-state index contributed by atoms with van der Waals surface area (Å²) < 4.78 is 16.1. The van der Waals surface area contributed by atoms with Crippen LogP contribution in [0.4, 0.5) is 0 Å². The third-order valence-electron chi connectivity index (χ3n) is 1.88. The fraction of sp³-hybridized carbons (Fsp3) is 0.400. The number of hydrogen-bond acceptors (Lipinski definition) is 3. The largest absolute Gasteiger partial charge is 0.396 e. The van der Waals surface area contributed by atoms with Gasteiger partial charge in [0.25, 0.3) is 0 Å². The van der Waals surface area contributed by atoms with E-state index in [2.05, 4.69) is 0 Å². The van der Waals surface area contributed by atoms with Crippen LogP contribution in [-0.4, -0.2) is 24.5 Å². The molecule has 0 saturated carbocycles. The molecule has 0 spiro atoms. The van der Waals surface area contributed by atoms with E-state index in [4.69, 9.17) is 21.2 Å². The summed E-state index contributed by atoms with van der Waals surface area (Å²) in [5, 5.41) is 9.22. The number of halogens is 1. The Bertz CT molecular complexity index is 313. The summed E-state index contributed by atoms with van der Waals surface area (Å²) in [6, 6.07) is 7.45. The molecule has 5 heteroatoms. The van der Waals surface area contributed by atoms with E-state index in [9.17, 15) is 4.57 Å². The fourth-order valence-electron chi connectivity index (χ4n) is 1.10. The van der Waals surface area contributed by atoms with E-state index in [0.717, 1.165) is 5.56 Å². The maximum atomic E-state index is 11.1. The molecule has 0 aliphatic heterocycles. The quantitative estimate of drug-likeness (QED) is 0.786. The molecule has 1 N–H and O–H groups in total. The smallest absolute Gasteiger partial charge is 0.193 e. The zero-order chi connectivity index (χ0) is 11.1. The van der Waals surface area contributed by atoms with Crippen molar-refractivity contribution >= 4 is 19.6 Å². The van der Waals surface area contributed by atoms with E-state index in [1.54, 1.807) is 0 Å². The molecule has 1 unspecified atom stereocenters. The molecule has 1 rings (SSSR count). The Balaban J connectivity index is 2.26. The monoisotopic (exact) mass is 248 g/mol. The predicted octanol–water partition coefficient (Wildman–Crippen LogP) is 2.37. The lowest BCUT2D eigenvalue weighted by atomic mass is 10.2. The second-order valence-electron chi connectivity index (χ2n) is 3.07. The summed E-state index contributed by atoms with van der Waals surface area (Å²) in [6.45, 7) is 0.332. The van der Waals surface area contributed by atoms with Gasteiger partial charge in [-0.3, -0.25) is 4.57 Å². The standard InChI is InChI=1S/C10H14ClO3P/c11-10-3-1-9(2-4-10)5-7-14-15(13)8-6-12/h1-4,12,15H,5-8H2. The van der Waals surface area contributed by atoms with E-state index >= 15 is 0 Å². The summed E-state index contributed by atoms with van der Waals surface area (Å²) in [5.41, 5.74) is 1.10. The van der Waals surface area contributed by atoms with Gasteiger partial charge in [0, 0.05) is 11.2 Å². The molecule has 0 aromatic heterocycles. The van der Waals surface area contributed by atoms with E-state index in [1.165, 1.54) is 0 Å². The van der Waals surface area contributed by atoms with Crippen LogP contribution in [0, 0.1) is 0 Å². The van der Waals surface area contributed by atoms with Crippen molar-refractivity contribution in [1.29, 1.82) is 0 Å². The summed E-state index contributed by atoms with van der Waals surface area (Å²) in [7, 11) is -2.04. The highest BCUT2D eigenvalue weighted by atomic mass is 35.5. The van der Waals surface area contributed by atoms with Crippen LogP contribution in [0.15, 0.2) is 24.3 Å². The van der Waals surface area contributed by atoms with Crippen molar-refractivity contribution in [3.8, 4) is 0 Å². The third-order valence-corrected chi connectivity index (χ3v) is 3.29. The van der Waals surface area contributed by atoms with Crippen molar-refractivity contribution in [1.82, 2.24) is 0 Å². The van der Waals surface area contributed by atoms with Gasteiger partial charge in [0.05, 0.1) is 13.2 Å². The first-order chi connectivity index (χ1) is 7.22. The highest BCUT2D eigenvalue weighted by molar-refractivity contribution is 7.39. The summed E-state index contributed by atoms with van der Waals surface area (Å²) in [4.78, 5) is 0. The third kappa shape index (κ3) is 5.33. The molecule has 0 bridgehead atoms. The molecule has 3 nitrogen and oxygen atoms in total. The van der Waals surface area contributed by atoms with Crippen molar-refractivity contribution in [2.24, 2.45) is 0 Å². The van der Waals surface area contributed by atoms with Crippen LogP contribution in [0.25, 0.3) is 0 Å². The van der Waals surface area contributed by atoms with E-state index < -0.39 is 8.03 Å². The lowest BCUT2D eigenvalue weighted by molar-refractivity contribution is 0.299. The molecule has 1 aromatic carbocycles. The lowest BCUT2D eigenvalue weighted by Gasteiger charge is -2.03. The van der Waals surface area contributed by atoms with E-state index in [1.807, 2.05) is 24.3 Å². The summed E-state index contributed by atoms with van der Waals surface area (Å²) in [6.07, 6.45) is 0.949. The Morgan fingerprint density at radius 3 is 2.60 bits per heavy atom. The first kappa shape index (κ1) is 12.7. The molecular formula is C10H14ClO3P. The molecule has 0 aliphatic rings. The van der Waals surface area contributed by atoms with Gasteiger partial charge in [-0.2, -0.15) is 0 Å². The lowest BCUT2D eigenvalue weighted by Crippen LogP contribution is -1.95. The van der Waals surface area contributed by atoms with Crippen molar-refractivity contribution in [3.05, 3.63) is 34.9 Å². The van der Waals surface area contributed by atoms with Crippen LogP contribution < -0.4 is 0 Å². The summed E-state index contributed by atoms with van der Waals surface area (Å²) >= 11 is 5.73. The Kier molecular flexibility index (Phi) is 5.96. The van der Waals surface area contributed by atoms with E-state index in [-0.39, 0.29) is 12.8 Å². The Hall–Kier alpha value is -0.340. The van der Waals surface area contributed by atoms with Crippen LogP contribution in [0.2, 0.25) is 5.02 Å². The SMILES string of the molecule is O=[PH](CCO)OCCc1ccc(Cl)cc1. The van der Waals surface area contributed by atoms with Gasteiger partial charge in [-0.1, -0.05) is 23.7 Å².